The van der Waals surface area contributed by atoms with Crippen molar-refractivity contribution >= 4 is 11.7 Å². The third-order valence-electron chi connectivity index (χ3n) is 4.49. The fraction of sp³-hybridized carbons (Fsp3) is 0.300. The number of carbonyl (C=O) groups is 1. The zero-order chi connectivity index (χ0) is 17.8. The second kappa shape index (κ2) is 7.38. The molecule has 3 rings (SSSR count). The Morgan fingerprint density at radius 1 is 1.00 bits per heavy atom. The summed E-state index contributed by atoms with van der Waals surface area (Å²) in [6.45, 7) is 2.04. The standard InChI is InChI=1S/C20H21NO4/c1-13-14-8-6-9-17(15(14)11-12-18(13)23-2)21-25-20(22)16-7-4-5-10-19(16)24-3/h4-5,7,10-12H,6,8-9H2,1-3H3/b21-17+. The van der Waals surface area contributed by atoms with E-state index in [-0.39, 0.29) is 0 Å². The molecule has 0 atom stereocenters. The Kier molecular flexibility index (Phi) is 5.03. The number of hydrogen-bond acceptors (Lipinski definition) is 5. The minimum Gasteiger partial charge on any atom is -0.496 e. The van der Waals surface area contributed by atoms with Gasteiger partial charge in [0.2, 0.25) is 0 Å². The van der Waals surface area contributed by atoms with Crippen molar-refractivity contribution in [2.75, 3.05) is 14.2 Å². The summed E-state index contributed by atoms with van der Waals surface area (Å²) in [4.78, 5) is 17.5. The lowest BCUT2D eigenvalue weighted by molar-refractivity contribution is 0.0512. The highest BCUT2D eigenvalue weighted by atomic mass is 16.7. The second-order valence-electron chi connectivity index (χ2n) is 5.89. The Labute approximate surface area is 147 Å². The summed E-state index contributed by atoms with van der Waals surface area (Å²) in [5.41, 5.74) is 4.49. The van der Waals surface area contributed by atoms with Gasteiger partial charge in [-0.25, -0.2) is 4.79 Å². The van der Waals surface area contributed by atoms with Gasteiger partial charge in [0.1, 0.15) is 17.1 Å². The number of fused-ring (bicyclic) bond motifs is 1. The molecule has 0 saturated heterocycles. The second-order valence-corrected chi connectivity index (χ2v) is 5.89. The largest absolute Gasteiger partial charge is 0.496 e. The number of nitrogens with zero attached hydrogens (tertiary/aromatic N) is 1. The Morgan fingerprint density at radius 2 is 1.76 bits per heavy atom. The van der Waals surface area contributed by atoms with Crippen LogP contribution in [-0.2, 0) is 11.3 Å². The molecule has 130 valence electrons. The number of methoxy groups -OCH3 is 2. The fourth-order valence-corrected chi connectivity index (χ4v) is 3.17. The summed E-state index contributed by atoms with van der Waals surface area (Å²) in [5, 5.41) is 4.14. The van der Waals surface area contributed by atoms with Crippen LogP contribution in [0.2, 0.25) is 0 Å². The van der Waals surface area contributed by atoms with Gasteiger partial charge < -0.3 is 14.3 Å². The van der Waals surface area contributed by atoms with E-state index in [4.69, 9.17) is 14.3 Å². The van der Waals surface area contributed by atoms with Crippen LogP contribution in [0.1, 0.15) is 39.9 Å². The maximum atomic E-state index is 12.3. The van der Waals surface area contributed by atoms with Gasteiger partial charge in [0.25, 0.3) is 0 Å². The van der Waals surface area contributed by atoms with Crippen molar-refractivity contribution in [3.63, 3.8) is 0 Å². The van der Waals surface area contributed by atoms with Gasteiger partial charge in [0.05, 0.1) is 19.9 Å². The van der Waals surface area contributed by atoms with Crippen LogP contribution in [0.5, 0.6) is 11.5 Å². The molecule has 2 aromatic rings. The molecule has 5 nitrogen and oxygen atoms in total. The molecule has 1 aliphatic carbocycles. The van der Waals surface area contributed by atoms with Crippen molar-refractivity contribution < 1.29 is 19.1 Å². The number of hydrogen-bond donors (Lipinski definition) is 0. The number of benzene rings is 2. The van der Waals surface area contributed by atoms with Crippen molar-refractivity contribution in [2.24, 2.45) is 5.16 Å². The summed E-state index contributed by atoms with van der Waals surface area (Å²) >= 11 is 0. The highest BCUT2D eigenvalue weighted by Gasteiger charge is 2.21. The van der Waals surface area contributed by atoms with Crippen LogP contribution in [0.4, 0.5) is 0 Å². The zero-order valence-corrected chi connectivity index (χ0v) is 14.7. The molecule has 0 aliphatic heterocycles. The summed E-state index contributed by atoms with van der Waals surface area (Å²) in [5.74, 6) is 0.811. The van der Waals surface area contributed by atoms with E-state index in [1.54, 1.807) is 31.4 Å². The lowest BCUT2D eigenvalue weighted by Crippen LogP contribution is -2.15. The van der Waals surface area contributed by atoms with Crippen LogP contribution < -0.4 is 9.47 Å². The summed E-state index contributed by atoms with van der Waals surface area (Å²) in [7, 11) is 3.19. The SMILES string of the molecule is COc1ccccc1C(=O)O/N=C1\CCCc2c1ccc(OC)c2C. The average molecular weight is 339 g/mol. The first-order valence-corrected chi connectivity index (χ1v) is 8.23. The zero-order valence-electron chi connectivity index (χ0n) is 14.7. The number of para-hydroxylation sites is 1. The van der Waals surface area contributed by atoms with Gasteiger partial charge in [-0.3, -0.25) is 0 Å². The van der Waals surface area contributed by atoms with E-state index in [1.807, 2.05) is 19.1 Å². The normalized spacial score (nSPS) is 14.8. The van der Waals surface area contributed by atoms with E-state index in [1.165, 1.54) is 12.7 Å². The summed E-state index contributed by atoms with van der Waals surface area (Å²) in [6, 6.07) is 10.8. The van der Waals surface area contributed by atoms with E-state index < -0.39 is 5.97 Å². The molecule has 1 aliphatic rings. The van der Waals surface area contributed by atoms with Gasteiger partial charge in [-0.15, -0.1) is 0 Å². The smallest absolute Gasteiger partial charge is 0.369 e. The number of ether oxygens (including phenoxy) is 2. The van der Waals surface area contributed by atoms with Crippen molar-refractivity contribution in [3.8, 4) is 11.5 Å². The molecule has 0 unspecified atom stereocenters. The average Bonchev–Trinajstić information content (AvgIpc) is 2.66. The quantitative estimate of drug-likeness (QED) is 0.626. The van der Waals surface area contributed by atoms with Crippen LogP contribution in [0.25, 0.3) is 0 Å². The number of oxime groups is 1. The molecule has 0 amide bonds. The lowest BCUT2D eigenvalue weighted by atomic mass is 9.87. The van der Waals surface area contributed by atoms with Crippen molar-refractivity contribution in [1.82, 2.24) is 0 Å². The highest BCUT2D eigenvalue weighted by molar-refractivity contribution is 6.03. The molecule has 0 N–H and O–H groups in total. The van der Waals surface area contributed by atoms with E-state index in [0.29, 0.717) is 11.3 Å². The maximum absolute atomic E-state index is 12.3. The minimum absolute atomic E-state index is 0.358. The van der Waals surface area contributed by atoms with E-state index in [9.17, 15) is 4.79 Å². The van der Waals surface area contributed by atoms with Crippen LogP contribution >= 0.6 is 0 Å². The van der Waals surface area contributed by atoms with Gasteiger partial charge in [-0.05, 0) is 61.6 Å². The van der Waals surface area contributed by atoms with Gasteiger partial charge in [0.15, 0.2) is 0 Å². The third-order valence-corrected chi connectivity index (χ3v) is 4.49. The number of rotatable bonds is 4. The highest BCUT2D eigenvalue weighted by Crippen LogP contribution is 2.31. The Bertz CT molecular complexity index is 826. The minimum atomic E-state index is -0.526. The van der Waals surface area contributed by atoms with E-state index >= 15 is 0 Å². The molecule has 0 fully saturated rings. The molecule has 0 bridgehead atoms. The molecular formula is C20H21NO4. The van der Waals surface area contributed by atoms with Gasteiger partial charge >= 0.3 is 5.97 Å². The van der Waals surface area contributed by atoms with Crippen molar-refractivity contribution in [1.29, 1.82) is 0 Å². The molecule has 0 spiro atoms. The van der Waals surface area contributed by atoms with Crippen LogP contribution in [0.3, 0.4) is 0 Å². The maximum Gasteiger partial charge on any atom is 0.369 e. The number of carbonyl (C=O) groups excluding carboxylic acids is 1. The lowest BCUT2D eigenvalue weighted by Gasteiger charge is -2.21. The van der Waals surface area contributed by atoms with Crippen molar-refractivity contribution in [3.05, 3.63) is 58.7 Å². The van der Waals surface area contributed by atoms with Gasteiger partial charge in [-0.2, -0.15) is 0 Å². The van der Waals surface area contributed by atoms with Crippen LogP contribution in [-0.4, -0.2) is 25.9 Å². The molecule has 25 heavy (non-hydrogen) atoms. The molecule has 0 radical (unpaired) electrons. The Hall–Kier alpha value is -2.82. The predicted molar refractivity (Wildman–Crippen MR) is 95.6 cm³/mol. The molecule has 5 heteroatoms. The van der Waals surface area contributed by atoms with Crippen LogP contribution in [0, 0.1) is 6.92 Å². The van der Waals surface area contributed by atoms with Crippen LogP contribution in [0.15, 0.2) is 41.6 Å². The van der Waals surface area contributed by atoms with Gasteiger partial charge in [0, 0.05) is 5.56 Å². The molecule has 0 aromatic heterocycles. The summed E-state index contributed by atoms with van der Waals surface area (Å²) in [6.07, 6.45) is 2.71. The van der Waals surface area contributed by atoms with E-state index in [2.05, 4.69) is 5.16 Å². The van der Waals surface area contributed by atoms with Gasteiger partial charge in [-0.1, -0.05) is 17.3 Å². The monoisotopic (exact) mass is 339 g/mol. The third kappa shape index (κ3) is 3.36. The molecule has 0 heterocycles. The molecule has 2 aromatic carbocycles. The Balaban J connectivity index is 1.87. The first kappa shape index (κ1) is 17.0. The predicted octanol–water partition coefficient (Wildman–Crippen LogP) is 3.91. The fourth-order valence-electron chi connectivity index (χ4n) is 3.17. The molecule has 0 saturated carbocycles. The van der Waals surface area contributed by atoms with Crippen molar-refractivity contribution in [2.45, 2.75) is 26.2 Å². The first-order valence-electron chi connectivity index (χ1n) is 8.23. The summed E-state index contributed by atoms with van der Waals surface area (Å²) < 4.78 is 10.6. The Morgan fingerprint density at radius 3 is 2.52 bits per heavy atom. The first-order chi connectivity index (χ1) is 12.2. The topological polar surface area (TPSA) is 57.1 Å². The van der Waals surface area contributed by atoms with E-state index in [0.717, 1.165) is 41.9 Å². The molecular weight excluding hydrogens is 318 g/mol.